The number of benzene rings is 1. The van der Waals surface area contributed by atoms with Crippen molar-refractivity contribution in [1.29, 1.82) is 0 Å². The van der Waals surface area contributed by atoms with E-state index in [-0.39, 0.29) is 5.91 Å². The Bertz CT molecular complexity index is 800. The van der Waals surface area contributed by atoms with Gasteiger partial charge in [-0.05, 0) is 18.3 Å². The van der Waals surface area contributed by atoms with Gasteiger partial charge in [-0.3, -0.25) is 9.59 Å². The second-order valence-electron chi connectivity index (χ2n) is 7.34. The highest BCUT2D eigenvalue weighted by Crippen LogP contribution is 2.56. The van der Waals surface area contributed by atoms with E-state index < -0.39 is 22.7 Å². The minimum absolute atomic E-state index is 0.157. The van der Waals surface area contributed by atoms with Crippen molar-refractivity contribution in [3.8, 4) is 11.3 Å². The molecule has 1 heterocycles. The van der Waals surface area contributed by atoms with Gasteiger partial charge in [-0.2, -0.15) is 0 Å². The van der Waals surface area contributed by atoms with Gasteiger partial charge in [0, 0.05) is 10.9 Å². The van der Waals surface area contributed by atoms with Crippen LogP contribution in [0.4, 0.5) is 5.13 Å². The van der Waals surface area contributed by atoms with Gasteiger partial charge in [-0.25, -0.2) is 4.98 Å². The van der Waals surface area contributed by atoms with Crippen LogP contribution in [0.2, 0.25) is 0 Å². The number of carbonyl (C=O) groups excluding carboxylic acids is 1. The minimum Gasteiger partial charge on any atom is -0.481 e. The number of anilines is 1. The number of rotatable bonds is 4. The highest BCUT2D eigenvalue weighted by Gasteiger charge is 2.58. The van der Waals surface area contributed by atoms with Crippen LogP contribution in [0.5, 0.6) is 0 Å². The third kappa shape index (κ3) is 2.95. The lowest BCUT2D eigenvalue weighted by Gasteiger charge is -2.38. The molecule has 0 bridgehead atoms. The van der Waals surface area contributed by atoms with Crippen molar-refractivity contribution in [3.63, 3.8) is 0 Å². The summed E-state index contributed by atoms with van der Waals surface area (Å²) in [5, 5.41) is 14.8. The quantitative estimate of drug-likeness (QED) is 0.855. The van der Waals surface area contributed by atoms with E-state index in [1.54, 1.807) is 0 Å². The molecule has 1 aromatic heterocycles. The average molecular weight is 358 g/mol. The third-order valence-electron chi connectivity index (χ3n) is 5.82. The predicted octanol–water partition coefficient (Wildman–Crippen LogP) is 4.28. The average Bonchev–Trinajstić information content (AvgIpc) is 3.12. The highest BCUT2D eigenvalue weighted by molar-refractivity contribution is 7.14. The van der Waals surface area contributed by atoms with E-state index >= 15 is 0 Å². The van der Waals surface area contributed by atoms with Gasteiger partial charge >= 0.3 is 5.97 Å². The minimum atomic E-state index is -0.831. The maximum Gasteiger partial charge on any atom is 0.307 e. The fourth-order valence-electron chi connectivity index (χ4n) is 3.65. The Morgan fingerprint density at radius 2 is 1.92 bits per heavy atom. The molecular formula is C19H22N2O3S. The van der Waals surface area contributed by atoms with Crippen LogP contribution in [-0.4, -0.2) is 22.0 Å². The Kier molecular flexibility index (Phi) is 4.41. The van der Waals surface area contributed by atoms with Gasteiger partial charge in [0.15, 0.2) is 5.13 Å². The number of nitrogens with zero attached hydrogens (tertiary/aromatic N) is 1. The first kappa shape index (κ1) is 17.6. The number of thiazole rings is 1. The molecule has 1 aromatic carbocycles. The zero-order chi connectivity index (χ0) is 18.2. The Labute approximate surface area is 151 Å². The number of hydrogen-bond acceptors (Lipinski definition) is 4. The van der Waals surface area contributed by atoms with Crippen molar-refractivity contribution in [2.45, 2.75) is 33.6 Å². The number of carbonyl (C=O) groups is 2. The molecule has 1 fully saturated rings. The smallest absolute Gasteiger partial charge is 0.307 e. The van der Waals surface area contributed by atoms with Gasteiger partial charge in [-0.15, -0.1) is 11.3 Å². The Morgan fingerprint density at radius 1 is 1.24 bits per heavy atom. The van der Waals surface area contributed by atoms with Crippen molar-refractivity contribution < 1.29 is 14.7 Å². The molecule has 3 rings (SSSR count). The van der Waals surface area contributed by atoms with Gasteiger partial charge in [0.25, 0.3) is 0 Å². The number of carboxylic acid groups (broad SMARTS) is 1. The lowest BCUT2D eigenvalue weighted by Crippen LogP contribution is -2.45. The summed E-state index contributed by atoms with van der Waals surface area (Å²) in [7, 11) is 0. The van der Waals surface area contributed by atoms with Gasteiger partial charge in [0.1, 0.15) is 0 Å². The standard InChI is InChI=1S/C19H22N2O3S/c1-18(2)13(15(22)23)9-10-19(18,3)16(24)21-17-20-14(11-25-17)12-7-5-4-6-8-12/h4-8,11,13H,9-10H2,1-3H3,(H,22,23)(H,20,21,24)/t13-,19+/m0/s1. The van der Waals surface area contributed by atoms with Crippen molar-refractivity contribution in [3.05, 3.63) is 35.7 Å². The summed E-state index contributed by atoms with van der Waals surface area (Å²) in [6.45, 7) is 5.60. The summed E-state index contributed by atoms with van der Waals surface area (Å²) in [4.78, 5) is 28.9. The van der Waals surface area contributed by atoms with Crippen molar-refractivity contribution in [2.24, 2.45) is 16.7 Å². The van der Waals surface area contributed by atoms with Gasteiger partial charge in [-0.1, -0.05) is 51.1 Å². The molecule has 1 amide bonds. The topological polar surface area (TPSA) is 79.3 Å². The van der Waals surface area contributed by atoms with Crippen LogP contribution in [-0.2, 0) is 9.59 Å². The second-order valence-corrected chi connectivity index (χ2v) is 8.20. The molecule has 6 heteroatoms. The van der Waals surface area contributed by atoms with E-state index in [0.29, 0.717) is 18.0 Å². The van der Waals surface area contributed by atoms with Crippen LogP contribution < -0.4 is 5.32 Å². The number of aromatic nitrogens is 1. The number of amides is 1. The normalized spacial score (nSPS) is 24.8. The summed E-state index contributed by atoms with van der Waals surface area (Å²) < 4.78 is 0. The van der Waals surface area contributed by atoms with E-state index in [1.807, 2.05) is 56.5 Å². The number of carboxylic acids is 1. The highest BCUT2D eigenvalue weighted by atomic mass is 32.1. The summed E-state index contributed by atoms with van der Waals surface area (Å²) in [6, 6.07) is 9.78. The van der Waals surface area contributed by atoms with Crippen molar-refractivity contribution >= 4 is 28.3 Å². The maximum absolute atomic E-state index is 12.9. The molecule has 1 aliphatic carbocycles. The van der Waals surface area contributed by atoms with E-state index in [0.717, 1.165) is 11.3 Å². The lowest BCUT2D eigenvalue weighted by molar-refractivity contribution is -0.147. The van der Waals surface area contributed by atoms with Crippen molar-refractivity contribution in [1.82, 2.24) is 4.98 Å². The molecule has 2 atom stereocenters. The monoisotopic (exact) mass is 358 g/mol. The van der Waals surface area contributed by atoms with E-state index in [4.69, 9.17) is 0 Å². The number of aliphatic carboxylic acids is 1. The zero-order valence-corrected chi connectivity index (χ0v) is 15.4. The van der Waals surface area contributed by atoms with Crippen LogP contribution in [0.25, 0.3) is 11.3 Å². The maximum atomic E-state index is 12.9. The van der Waals surface area contributed by atoms with Crippen LogP contribution >= 0.6 is 11.3 Å². The molecule has 0 saturated heterocycles. The van der Waals surface area contributed by atoms with Crippen LogP contribution in [0.1, 0.15) is 33.6 Å². The molecule has 25 heavy (non-hydrogen) atoms. The van der Waals surface area contributed by atoms with E-state index in [9.17, 15) is 14.7 Å². The van der Waals surface area contributed by atoms with Crippen LogP contribution in [0.3, 0.4) is 0 Å². The Hall–Kier alpha value is -2.21. The Morgan fingerprint density at radius 3 is 2.52 bits per heavy atom. The van der Waals surface area contributed by atoms with Gasteiger partial charge in [0.2, 0.25) is 5.91 Å². The molecule has 1 saturated carbocycles. The summed E-state index contributed by atoms with van der Waals surface area (Å²) in [5.74, 6) is -1.50. The summed E-state index contributed by atoms with van der Waals surface area (Å²) >= 11 is 1.38. The predicted molar refractivity (Wildman–Crippen MR) is 98.4 cm³/mol. The number of hydrogen-bond donors (Lipinski definition) is 2. The lowest BCUT2D eigenvalue weighted by atomic mass is 9.65. The second kappa shape index (κ2) is 6.26. The van der Waals surface area contributed by atoms with Crippen LogP contribution in [0.15, 0.2) is 35.7 Å². The molecular weight excluding hydrogens is 336 g/mol. The summed E-state index contributed by atoms with van der Waals surface area (Å²) in [5.41, 5.74) is 0.453. The fraction of sp³-hybridized carbons (Fsp3) is 0.421. The van der Waals surface area contributed by atoms with E-state index in [1.165, 1.54) is 11.3 Å². The first-order valence-corrected chi connectivity index (χ1v) is 9.19. The molecule has 0 radical (unpaired) electrons. The first-order chi connectivity index (χ1) is 11.8. The molecule has 1 aliphatic rings. The van der Waals surface area contributed by atoms with Gasteiger partial charge < -0.3 is 10.4 Å². The molecule has 2 N–H and O–H groups in total. The molecule has 5 nitrogen and oxygen atoms in total. The SMILES string of the molecule is CC1(C)[C@H](C(=O)O)CC[C@]1(C)C(=O)Nc1nc(-c2ccccc2)cs1. The summed E-state index contributed by atoms with van der Waals surface area (Å²) in [6.07, 6.45) is 1.07. The fourth-order valence-corrected chi connectivity index (χ4v) is 4.36. The Balaban J connectivity index is 1.79. The molecule has 2 aromatic rings. The molecule has 0 aliphatic heterocycles. The van der Waals surface area contributed by atoms with E-state index in [2.05, 4.69) is 10.3 Å². The molecule has 0 unspecified atom stereocenters. The van der Waals surface area contributed by atoms with Crippen molar-refractivity contribution in [2.75, 3.05) is 5.32 Å². The largest absolute Gasteiger partial charge is 0.481 e. The molecule has 132 valence electrons. The van der Waals surface area contributed by atoms with Crippen LogP contribution in [0, 0.1) is 16.7 Å². The third-order valence-corrected chi connectivity index (χ3v) is 6.58. The first-order valence-electron chi connectivity index (χ1n) is 8.31. The number of nitrogens with one attached hydrogen (secondary N) is 1. The molecule has 0 spiro atoms. The van der Waals surface area contributed by atoms with Gasteiger partial charge in [0.05, 0.1) is 17.0 Å². The zero-order valence-electron chi connectivity index (χ0n) is 14.6.